The fraction of sp³-hybridized carbons (Fsp3) is 0.167. The molecule has 176 valence electrons. The Bertz CT molecular complexity index is 1560. The Morgan fingerprint density at radius 3 is 2.26 bits per heavy atom. The molecule has 34 heavy (non-hydrogen) atoms. The molecule has 0 saturated heterocycles. The number of hydrogen-bond acceptors (Lipinski definition) is 4. The van der Waals surface area contributed by atoms with Crippen molar-refractivity contribution in [3.63, 3.8) is 0 Å². The van der Waals surface area contributed by atoms with Gasteiger partial charge in [-0.25, -0.2) is 17.6 Å². The van der Waals surface area contributed by atoms with Gasteiger partial charge >= 0.3 is 5.69 Å². The van der Waals surface area contributed by atoms with Crippen LogP contribution < -0.4 is 15.3 Å². The maximum atomic E-state index is 14.1. The Morgan fingerprint density at radius 1 is 0.971 bits per heavy atom. The molecule has 0 radical (unpaired) electrons. The summed E-state index contributed by atoms with van der Waals surface area (Å²) in [5.74, 6) is -0.896. The number of aryl methyl sites for hydroxylation is 2. The van der Waals surface area contributed by atoms with Crippen LogP contribution in [0, 0.1) is 5.82 Å². The molecule has 1 amide bonds. The molecule has 0 spiro atoms. The summed E-state index contributed by atoms with van der Waals surface area (Å²) in [6.07, 6.45) is 1.04. The second-order valence-corrected chi connectivity index (χ2v) is 9.87. The zero-order valence-electron chi connectivity index (χ0n) is 18.8. The van der Waals surface area contributed by atoms with Crippen LogP contribution in [0.15, 0.2) is 71.5 Å². The zero-order chi connectivity index (χ0) is 24.6. The molecule has 8 nitrogen and oxygen atoms in total. The zero-order valence-corrected chi connectivity index (χ0v) is 19.6. The largest absolute Gasteiger partial charge is 0.328 e. The number of carbonyl (C=O) groups excluding carboxylic acids is 1. The van der Waals surface area contributed by atoms with Crippen LogP contribution >= 0.6 is 0 Å². The van der Waals surface area contributed by atoms with Crippen molar-refractivity contribution in [2.24, 2.45) is 14.1 Å². The topological polar surface area (TPSA) is 93.4 Å². The van der Waals surface area contributed by atoms with Crippen molar-refractivity contribution in [3.8, 4) is 0 Å². The predicted molar refractivity (Wildman–Crippen MR) is 130 cm³/mol. The summed E-state index contributed by atoms with van der Waals surface area (Å²) in [6.45, 7) is -0.174. The Balaban J connectivity index is 1.57. The summed E-state index contributed by atoms with van der Waals surface area (Å²) in [5, 5.41) is 2.79. The highest BCUT2D eigenvalue weighted by atomic mass is 32.2. The maximum Gasteiger partial charge on any atom is 0.328 e. The van der Waals surface area contributed by atoms with E-state index in [0.29, 0.717) is 22.5 Å². The van der Waals surface area contributed by atoms with Crippen molar-refractivity contribution in [2.75, 3.05) is 15.9 Å². The van der Waals surface area contributed by atoms with E-state index >= 15 is 0 Å². The first-order chi connectivity index (χ1) is 16.1. The fourth-order valence-corrected chi connectivity index (χ4v) is 4.63. The lowest BCUT2D eigenvalue weighted by atomic mass is 10.1. The number of nitrogens with zero attached hydrogens (tertiary/aromatic N) is 3. The van der Waals surface area contributed by atoms with E-state index in [-0.39, 0.29) is 17.8 Å². The molecule has 0 fully saturated rings. The molecular formula is C24H23FN4O4S. The summed E-state index contributed by atoms with van der Waals surface area (Å²) < 4.78 is 42.9. The Hall–Kier alpha value is -3.92. The van der Waals surface area contributed by atoms with Gasteiger partial charge in [0.05, 0.1) is 29.5 Å². The SMILES string of the molecule is Cn1c(=O)n(C)c2cc(NC(=O)c3ccc(N(Cc4ccccc4F)S(C)(=O)=O)cc3)ccc21. The minimum Gasteiger partial charge on any atom is -0.322 e. The maximum absolute atomic E-state index is 14.1. The molecule has 0 bridgehead atoms. The summed E-state index contributed by atoms with van der Waals surface area (Å²) in [6, 6.07) is 17.1. The van der Waals surface area contributed by atoms with Gasteiger partial charge in [-0.05, 0) is 48.5 Å². The van der Waals surface area contributed by atoms with Crippen molar-refractivity contribution in [2.45, 2.75) is 6.54 Å². The number of aromatic nitrogens is 2. The molecule has 0 atom stereocenters. The molecule has 1 N–H and O–H groups in total. The number of halogens is 1. The third-order valence-corrected chi connectivity index (χ3v) is 6.76. The van der Waals surface area contributed by atoms with Gasteiger partial charge < -0.3 is 5.32 Å². The molecule has 10 heteroatoms. The number of benzene rings is 3. The average Bonchev–Trinajstić information content (AvgIpc) is 3.01. The Morgan fingerprint density at radius 2 is 1.62 bits per heavy atom. The highest BCUT2D eigenvalue weighted by Crippen LogP contribution is 2.23. The van der Waals surface area contributed by atoms with E-state index in [4.69, 9.17) is 0 Å². The molecule has 3 aromatic carbocycles. The van der Waals surface area contributed by atoms with Crippen molar-refractivity contribution in [3.05, 3.63) is 94.2 Å². The molecule has 0 saturated carbocycles. The molecule has 0 aliphatic rings. The van der Waals surface area contributed by atoms with Crippen LogP contribution in [-0.2, 0) is 30.7 Å². The number of nitrogens with one attached hydrogen (secondary N) is 1. The monoisotopic (exact) mass is 482 g/mol. The first kappa shape index (κ1) is 23.2. The van der Waals surface area contributed by atoms with Crippen LogP contribution in [0.3, 0.4) is 0 Å². The van der Waals surface area contributed by atoms with E-state index in [9.17, 15) is 22.4 Å². The molecule has 4 rings (SSSR count). The second kappa shape index (κ2) is 8.79. The van der Waals surface area contributed by atoms with Gasteiger partial charge in [0, 0.05) is 30.9 Å². The van der Waals surface area contributed by atoms with E-state index in [1.165, 1.54) is 51.6 Å². The molecule has 1 aromatic heterocycles. The fourth-order valence-electron chi connectivity index (χ4n) is 3.75. The molecule has 1 heterocycles. The van der Waals surface area contributed by atoms with E-state index in [1.807, 2.05) is 0 Å². The van der Waals surface area contributed by atoms with E-state index in [0.717, 1.165) is 16.1 Å². The lowest BCUT2D eigenvalue weighted by Gasteiger charge is -2.23. The number of imidazole rings is 1. The first-order valence-electron chi connectivity index (χ1n) is 10.3. The highest BCUT2D eigenvalue weighted by Gasteiger charge is 2.20. The molecule has 0 aliphatic carbocycles. The predicted octanol–water partition coefficient (Wildman–Crippen LogP) is 3.23. The number of carbonyl (C=O) groups is 1. The Kier molecular flexibility index (Phi) is 6.01. The van der Waals surface area contributed by atoms with Gasteiger partial charge in [0.2, 0.25) is 10.0 Å². The highest BCUT2D eigenvalue weighted by molar-refractivity contribution is 7.92. The van der Waals surface area contributed by atoms with Gasteiger partial charge in [-0.3, -0.25) is 18.2 Å². The standard InChI is InChI=1S/C24H23FN4O4S/c1-27-21-13-10-18(14-22(21)28(2)24(27)31)26-23(30)16-8-11-19(12-9-16)29(34(3,32)33)15-17-6-4-5-7-20(17)25/h4-14H,15H2,1-3H3,(H,26,30). The second-order valence-electron chi connectivity index (χ2n) is 7.97. The number of hydrogen-bond donors (Lipinski definition) is 1. The van der Waals surface area contributed by atoms with Crippen molar-refractivity contribution in [1.29, 1.82) is 0 Å². The van der Waals surface area contributed by atoms with Crippen LogP contribution in [0.25, 0.3) is 11.0 Å². The van der Waals surface area contributed by atoms with Crippen LogP contribution in [-0.4, -0.2) is 29.7 Å². The smallest absolute Gasteiger partial charge is 0.322 e. The van der Waals surface area contributed by atoms with E-state index in [2.05, 4.69) is 5.32 Å². The number of sulfonamides is 1. The minimum absolute atomic E-state index is 0.167. The molecular weight excluding hydrogens is 459 g/mol. The van der Waals surface area contributed by atoms with Gasteiger partial charge in [0.1, 0.15) is 5.82 Å². The third-order valence-electron chi connectivity index (χ3n) is 5.62. The quantitative estimate of drug-likeness (QED) is 0.457. The summed E-state index contributed by atoms with van der Waals surface area (Å²) in [4.78, 5) is 24.9. The van der Waals surface area contributed by atoms with Crippen LogP contribution in [0.1, 0.15) is 15.9 Å². The summed E-state index contributed by atoms with van der Waals surface area (Å²) >= 11 is 0. The normalized spacial score (nSPS) is 11.5. The van der Waals surface area contributed by atoms with Crippen LogP contribution in [0.5, 0.6) is 0 Å². The lowest BCUT2D eigenvalue weighted by molar-refractivity contribution is 0.102. The van der Waals surface area contributed by atoms with Crippen molar-refractivity contribution < 1.29 is 17.6 Å². The molecule has 0 unspecified atom stereocenters. The van der Waals surface area contributed by atoms with Crippen LogP contribution in [0.2, 0.25) is 0 Å². The summed E-state index contributed by atoms with van der Waals surface area (Å²) in [5.41, 5.74) is 2.62. The number of amides is 1. The third kappa shape index (κ3) is 4.44. The first-order valence-corrected chi connectivity index (χ1v) is 12.2. The minimum atomic E-state index is -3.70. The molecule has 0 aliphatic heterocycles. The van der Waals surface area contributed by atoms with E-state index < -0.39 is 21.7 Å². The lowest BCUT2D eigenvalue weighted by Crippen LogP contribution is -2.29. The van der Waals surface area contributed by atoms with Crippen molar-refractivity contribution >= 4 is 38.3 Å². The average molecular weight is 483 g/mol. The van der Waals surface area contributed by atoms with Gasteiger partial charge in [-0.1, -0.05) is 18.2 Å². The number of fused-ring (bicyclic) bond motifs is 1. The number of rotatable bonds is 6. The van der Waals surface area contributed by atoms with E-state index in [1.54, 1.807) is 38.4 Å². The number of anilines is 2. The summed E-state index contributed by atoms with van der Waals surface area (Å²) in [7, 11) is -0.371. The van der Waals surface area contributed by atoms with Gasteiger partial charge in [0.25, 0.3) is 5.91 Å². The van der Waals surface area contributed by atoms with Gasteiger partial charge in [-0.15, -0.1) is 0 Å². The molecule has 4 aromatic rings. The van der Waals surface area contributed by atoms with Gasteiger partial charge in [0.15, 0.2) is 0 Å². The van der Waals surface area contributed by atoms with Gasteiger partial charge in [-0.2, -0.15) is 0 Å². The Labute approximate surface area is 195 Å². The van der Waals surface area contributed by atoms with Crippen LogP contribution in [0.4, 0.5) is 15.8 Å². The van der Waals surface area contributed by atoms with Crippen molar-refractivity contribution in [1.82, 2.24) is 9.13 Å².